The van der Waals surface area contributed by atoms with Crippen molar-refractivity contribution in [3.8, 4) is 11.5 Å². The molecule has 0 bridgehead atoms. The summed E-state index contributed by atoms with van der Waals surface area (Å²) in [6.07, 6.45) is 1.91. The topological polar surface area (TPSA) is 85.1 Å². The summed E-state index contributed by atoms with van der Waals surface area (Å²) >= 11 is 0. The van der Waals surface area contributed by atoms with Gasteiger partial charge in [-0.05, 0) is 25.5 Å². The molecule has 2 rings (SSSR count). The molecule has 1 aliphatic heterocycles. The normalized spacial score (nSPS) is 18.7. The molecule has 7 nitrogen and oxygen atoms in total. The van der Waals surface area contributed by atoms with Gasteiger partial charge >= 0.3 is 0 Å². The molecule has 0 aromatic heterocycles. The molecule has 1 N–H and O–H groups in total. The number of hydrogen-bond acceptors (Lipinski definition) is 6. The molecule has 0 saturated carbocycles. The predicted octanol–water partition coefficient (Wildman–Crippen LogP) is 1.57. The third-order valence-electron chi connectivity index (χ3n) is 3.86. The SMILES string of the molecule is COc1cc(CN2CCC[C@@H]2CO)c([N+](=O)[O-])cc1OC. The van der Waals surface area contributed by atoms with E-state index in [1.807, 2.05) is 0 Å². The maximum Gasteiger partial charge on any atom is 0.277 e. The van der Waals surface area contributed by atoms with Gasteiger partial charge < -0.3 is 14.6 Å². The van der Waals surface area contributed by atoms with E-state index in [-0.39, 0.29) is 18.3 Å². The van der Waals surface area contributed by atoms with Gasteiger partial charge in [0, 0.05) is 18.2 Å². The molecule has 1 aliphatic rings. The van der Waals surface area contributed by atoms with Gasteiger partial charge in [0.2, 0.25) is 0 Å². The highest BCUT2D eigenvalue weighted by molar-refractivity contribution is 5.54. The van der Waals surface area contributed by atoms with E-state index in [4.69, 9.17) is 9.47 Å². The third-order valence-corrected chi connectivity index (χ3v) is 3.86. The molecule has 1 saturated heterocycles. The van der Waals surface area contributed by atoms with Crippen LogP contribution in [0.3, 0.4) is 0 Å². The minimum absolute atomic E-state index is 0.0104. The summed E-state index contributed by atoms with van der Waals surface area (Å²) in [6.45, 7) is 1.32. The average molecular weight is 296 g/mol. The summed E-state index contributed by atoms with van der Waals surface area (Å²) in [5.41, 5.74) is 0.578. The Morgan fingerprint density at radius 2 is 2.05 bits per heavy atom. The molecule has 1 fully saturated rings. The second-order valence-corrected chi connectivity index (χ2v) is 5.04. The van der Waals surface area contributed by atoms with E-state index in [0.29, 0.717) is 23.6 Å². The van der Waals surface area contributed by atoms with Crippen LogP contribution in [0, 0.1) is 10.1 Å². The van der Waals surface area contributed by atoms with Crippen LogP contribution >= 0.6 is 0 Å². The summed E-state index contributed by atoms with van der Waals surface area (Å²) in [4.78, 5) is 12.9. The van der Waals surface area contributed by atoms with Crippen molar-refractivity contribution in [1.29, 1.82) is 0 Å². The fourth-order valence-electron chi connectivity index (χ4n) is 2.74. The Morgan fingerprint density at radius 1 is 1.38 bits per heavy atom. The smallest absolute Gasteiger partial charge is 0.277 e. The molecule has 7 heteroatoms. The Morgan fingerprint density at radius 3 is 2.62 bits per heavy atom. The zero-order chi connectivity index (χ0) is 15.4. The minimum Gasteiger partial charge on any atom is -0.493 e. The van der Waals surface area contributed by atoms with Crippen LogP contribution in [-0.4, -0.2) is 48.3 Å². The van der Waals surface area contributed by atoms with Gasteiger partial charge in [-0.1, -0.05) is 0 Å². The van der Waals surface area contributed by atoms with Crippen LogP contribution in [0.5, 0.6) is 11.5 Å². The highest BCUT2D eigenvalue weighted by atomic mass is 16.6. The van der Waals surface area contributed by atoms with Crippen LogP contribution in [0.2, 0.25) is 0 Å². The number of hydrogen-bond donors (Lipinski definition) is 1. The van der Waals surface area contributed by atoms with Crippen molar-refractivity contribution in [1.82, 2.24) is 4.90 Å². The number of methoxy groups -OCH3 is 2. The van der Waals surface area contributed by atoms with E-state index >= 15 is 0 Å². The number of rotatable bonds is 6. The standard InChI is InChI=1S/C14H20N2O5/c1-20-13-6-10(8-15-5-3-4-11(15)9-17)12(16(18)19)7-14(13)21-2/h6-7,11,17H,3-5,8-9H2,1-2H3/t11-/m1/s1. The molecule has 1 heterocycles. The highest BCUT2D eigenvalue weighted by Crippen LogP contribution is 2.35. The largest absolute Gasteiger partial charge is 0.493 e. The van der Waals surface area contributed by atoms with E-state index < -0.39 is 4.92 Å². The van der Waals surface area contributed by atoms with Gasteiger partial charge in [0.1, 0.15) is 0 Å². The first-order chi connectivity index (χ1) is 10.1. The van der Waals surface area contributed by atoms with Crippen molar-refractivity contribution in [3.05, 3.63) is 27.8 Å². The molecule has 0 unspecified atom stereocenters. The van der Waals surface area contributed by atoms with Gasteiger partial charge in [-0.15, -0.1) is 0 Å². The van der Waals surface area contributed by atoms with Crippen LogP contribution in [0.4, 0.5) is 5.69 Å². The van der Waals surface area contributed by atoms with E-state index in [9.17, 15) is 15.2 Å². The van der Waals surface area contributed by atoms with Gasteiger partial charge in [0.05, 0.1) is 31.8 Å². The van der Waals surface area contributed by atoms with Crippen LogP contribution in [-0.2, 0) is 6.54 Å². The van der Waals surface area contributed by atoms with Crippen molar-refractivity contribution in [2.45, 2.75) is 25.4 Å². The maximum atomic E-state index is 11.3. The van der Waals surface area contributed by atoms with Crippen molar-refractivity contribution in [2.24, 2.45) is 0 Å². The Labute approximate surface area is 123 Å². The molecule has 0 radical (unpaired) electrons. The Balaban J connectivity index is 2.34. The van der Waals surface area contributed by atoms with Crippen molar-refractivity contribution in [2.75, 3.05) is 27.4 Å². The molecule has 1 aromatic rings. The molecule has 1 atom stereocenters. The summed E-state index contributed by atoms with van der Waals surface area (Å²) < 4.78 is 10.3. The number of aliphatic hydroxyl groups is 1. The van der Waals surface area contributed by atoms with E-state index in [1.54, 1.807) is 6.07 Å². The van der Waals surface area contributed by atoms with Crippen LogP contribution in [0.1, 0.15) is 18.4 Å². The summed E-state index contributed by atoms with van der Waals surface area (Å²) in [6, 6.07) is 3.10. The second-order valence-electron chi connectivity index (χ2n) is 5.04. The fraction of sp³-hybridized carbons (Fsp3) is 0.571. The van der Waals surface area contributed by atoms with E-state index in [0.717, 1.165) is 19.4 Å². The van der Waals surface area contributed by atoms with E-state index in [1.165, 1.54) is 20.3 Å². The number of nitro benzene ring substituents is 1. The number of aliphatic hydroxyl groups excluding tert-OH is 1. The van der Waals surface area contributed by atoms with Gasteiger partial charge in [-0.3, -0.25) is 15.0 Å². The molecule has 0 aliphatic carbocycles. The number of benzene rings is 1. The van der Waals surface area contributed by atoms with Gasteiger partial charge in [0.15, 0.2) is 11.5 Å². The lowest BCUT2D eigenvalue weighted by molar-refractivity contribution is -0.385. The highest BCUT2D eigenvalue weighted by Gasteiger charge is 2.27. The second kappa shape index (κ2) is 6.73. The number of ether oxygens (including phenoxy) is 2. The fourth-order valence-corrected chi connectivity index (χ4v) is 2.74. The summed E-state index contributed by atoms with van der Waals surface area (Å²) in [5.74, 6) is 0.811. The molecular formula is C14H20N2O5. The van der Waals surface area contributed by atoms with Crippen molar-refractivity contribution < 1.29 is 19.5 Å². The van der Waals surface area contributed by atoms with Crippen molar-refractivity contribution in [3.63, 3.8) is 0 Å². The molecule has 21 heavy (non-hydrogen) atoms. The first-order valence-corrected chi connectivity index (χ1v) is 6.85. The number of nitrogens with zero attached hydrogens (tertiary/aromatic N) is 2. The first-order valence-electron chi connectivity index (χ1n) is 6.85. The molecular weight excluding hydrogens is 276 g/mol. The van der Waals surface area contributed by atoms with E-state index in [2.05, 4.69) is 4.90 Å². The predicted molar refractivity (Wildman–Crippen MR) is 76.7 cm³/mol. The van der Waals surface area contributed by atoms with Crippen LogP contribution in [0.25, 0.3) is 0 Å². The zero-order valence-electron chi connectivity index (χ0n) is 12.2. The van der Waals surface area contributed by atoms with Gasteiger partial charge in [-0.2, -0.15) is 0 Å². The lowest BCUT2D eigenvalue weighted by Gasteiger charge is -2.23. The summed E-state index contributed by atoms with van der Waals surface area (Å²) in [7, 11) is 2.95. The molecule has 1 aromatic carbocycles. The number of likely N-dealkylation sites (tertiary alicyclic amines) is 1. The van der Waals surface area contributed by atoms with Gasteiger partial charge in [-0.25, -0.2) is 0 Å². The lowest BCUT2D eigenvalue weighted by atomic mass is 10.1. The average Bonchev–Trinajstić information content (AvgIpc) is 2.93. The summed E-state index contributed by atoms with van der Waals surface area (Å²) in [5, 5.41) is 20.6. The molecule has 0 spiro atoms. The first kappa shape index (κ1) is 15.5. The Hall–Kier alpha value is -1.86. The maximum absolute atomic E-state index is 11.3. The lowest BCUT2D eigenvalue weighted by Crippen LogP contribution is -2.31. The zero-order valence-corrected chi connectivity index (χ0v) is 12.2. The minimum atomic E-state index is -0.415. The third kappa shape index (κ3) is 3.25. The Kier molecular flexibility index (Phi) is 4.98. The Bertz CT molecular complexity index is 520. The molecule has 116 valence electrons. The van der Waals surface area contributed by atoms with Crippen molar-refractivity contribution >= 4 is 5.69 Å². The quantitative estimate of drug-likeness (QED) is 0.633. The van der Waals surface area contributed by atoms with Gasteiger partial charge in [0.25, 0.3) is 5.69 Å². The molecule has 0 amide bonds. The monoisotopic (exact) mass is 296 g/mol. The van der Waals surface area contributed by atoms with Crippen LogP contribution < -0.4 is 9.47 Å². The number of nitro groups is 1. The van der Waals surface area contributed by atoms with Crippen LogP contribution in [0.15, 0.2) is 12.1 Å².